The van der Waals surface area contributed by atoms with E-state index in [4.69, 9.17) is 4.98 Å². The van der Waals surface area contributed by atoms with Gasteiger partial charge in [0.15, 0.2) is 0 Å². The molecule has 0 saturated heterocycles. The van der Waals surface area contributed by atoms with Crippen molar-refractivity contribution in [3.8, 4) is 0 Å². The van der Waals surface area contributed by atoms with Crippen molar-refractivity contribution in [2.45, 2.75) is 65.7 Å². The molecule has 2 aromatic rings. The van der Waals surface area contributed by atoms with Gasteiger partial charge in [-0.25, -0.2) is 9.97 Å². The van der Waals surface area contributed by atoms with E-state index in [1.807, 2.05) is 6.92 Å². The molecule has 0 radical (unpaired) electrons. The largest absolute Gasteiger partial charge is 0.237 e. The second-order valence-corrected chi connectivity index (χ2v) is 7.70. The van der Waals surface area contributed by atoms with Crippen LogP contribution in [0.1, 0.15) is 69.6 Å². The fourth-order valence-electron chi connectivity index (χ4n) is 3.41. The van der Waals surface area contributed by atoms with Gasteiger partial charge in [-0.1, -0.05) is 33.6 Å². The van der Waals surface area contributed by atoms with Gasteiger partial charge in [0.2, 0.25) is 0 Å². The van der Waals surface area contributed by atoms with Crippen LogP contribution in [-0.4, -0.2) is 14.3 Å². The normalized spacial score (nSPS) is 23.1. The molecule has 1 aliphatic carbocycles. The molecular formula is C17H25N3S. The minimum atomic E-state index is 0.440. The first kappa shape index (κ1) is 14.9. The van der Waals surface area contributed by atoms with Crippen molar-refractivity contribution in [3.63, 3.8) is 0 Å². The van der Waals surface area contributed by atoms with Crippen LogP contribution in [0.4, 0.5) is 0 Å². The van der Waals surface area contributed by atoms with Crippen molar-refractivity contribution in [2.75, 3.05) is 0 Å². The average molecular weight is 303 g/mol. The van der Waals surface area contributed by atoms with E-state index in [1.165, 1.54) is 54.0 Å². The topological polar surface area (TPSA) is 38.7 Å². The summed E-state index contributed by atoms with van der Waals surface area (Å²) in [5.41, 5.74) is 2.43. The third-order valence-corrected chi connectivity index (χ3v) is 5.47. The second-order valence-electron chi connectivity index (χ2n) is 6.95. The van der Waals surface area contributed by atoms with Crippen LogP contribution in [-0.2, 0) is 6.42 Å². The van der Waals surface area contributed by atoms with Gasteiger partial charge < -0.3 is 0 Å². The maximum Gasteiger partial charge on any atom is 0.147 e. The Balaban J connectivity index is 1.94. The first-order valence-electron chi connectivity index (χ1n) is 8.17. The fraction of sp³-hybridized carbons (Fsp3) is 0.706. The van der Waals surface area contributed by atoms with Gasteiger partial charge in [-0.3, -0.25) is 0 Å². The molecule has 3 rings (SSSR count). The highest BCUT2D eigenvalue weighted by atomic mass is 32.1. The summed E-state index contributed by atoms with van der Waals surface area (Å²) in [5, 5.41) is 1.25. The van der Waals surface area contributed by atoms with Crippen LogP contribution in [0.2, 0.25) is 0 Å². The zero-order valence-corrected chi connectivity index (χ0v) is 14.3. The number of hydrogen-bond acceptors (Lipinski definition) is 4. The molecule has 0 atom stereocenters. The lowest BCUT2D eigenvalue weighted by Gasteiger charge is -2.26. The number of nitrogens with zero attached hydrogens (tertiary/aromatic N) is 3. The lowest BCUT2D eigenvalue weighted by molar-refractivity contribution is 0.288. The van der Waals surface area contributed by atoms with Gasteiger partial charge in [0, 0.05) is 0 Å². The summed E-state index contributed by atoms with van der Waals surface area (Å²) in [4.78, 5) is 10.4. The van der Waals surface area contributed by atoms with Crippen LogP contribution in [0.5, 0.6) is 0 Å². The summed E-state index contributed by atoms with van der Waals surface area (Å²) in [6.45, 7) is 8.80. The molecule has 0 aliphatic heterocycles. The predicted octanol–water partition coefficient (Wildman–Crippen LogP) is 4.89. The molecule has 0 bridgehead atoms. The molecular weight excluding hydrogens is 278 g/mol. The zero-order chi connectivity index (χ0) is 15.0. The summed E-state index contributed by atoms with van der Waals surface area (Å²) in [6, 6.07) is 0. The van der Waals surface area contributed by atoms with Crippen LogP contribution < -0.4 is 0 Å². The van der Waals surface area contributed by atoms with Crippen molar-refractivity contribution >= 4 is 21.7 Å². The number of hydrogen-bond donors (Lipinski definition) is 0. The quantitative estimate of drug-likeness (QED) is 0.810. The van der Waals surface area contributed by atoms with Crippen molar-refractivity contribution in [2.24, 2.45) is 11.8 Å². The SMILES string of the molecule is Cc1nc(C[C@H]2CC[C@H](C)CC2)c2c(C(C)C)nsc2n1. The van der Waals surface area contributed by atoms with E-state index < -0.39 is 0 Å². The lowest BCUT2D eigenvalue weighted by Crippen LogP contribution is -2.15. The number of aromatic nitrogens is 3. The summed E-state index contributed by atoms with van der Waals surface area (Å²) in [5.74, 6) is 3.02. The van der Waals surface area contributed by atoms with Gasteiger partial charge in [0.1, 0.15) is 10.7 Å². The van der Waals surface area contributed by atoms with E-state index in [-0.39, 0.29) is 0 Å². The van der Waals surface area contributed by atoms with Crippen molar-refractivity contribution in [1.82, 2.24) is 14.3 Å². The van der Waals surface area contributed by atoms with Gasteiger partial charge in [0.25, 0.3) is 0 Å². The number of rotatable bonds is 3. The van der Waals surface area contributed by atoms with Crippen LogP contribution >= 0.6 is 11.5 Å². The minimum absolute atomic E-state index is 0.440. The Morgan fingerprint density at radius 1 is 1.14 bits per heavy atom. The smallest absolute Gasteiger partial charge is 0.147 e. The molecule has 3 nitrogen and oxygen atoms in total. The Morgan fingerprint density at radius 3 is 2.52 bits per heavy atom. The molecule has 0 amide bonds. The Bertz CT molecular complexity index is 624. The van der Waals surface area contributed by atoms with E-state index in [0.29, 0.717) is 5.92 Å². The molecule has 1 saturated carbocycles. The van der Waals surface area contributed by atoms with Gasteiger partial charge in [-0.2, -0.15) is 4.37 Å². The van der Waals surface area contributed by atoms with E-state index in [0.717, 1.165) is 28.9 Å². The summed E-state index contributed by atoms with van der Waals surface area (Å²) in [7, 11) is 0. The Hall–Kier alpha value is -1.03. The highest BCUT2D eigenvalue weighted by molar-refractivity contribution is 7.13. The highest BCUT2D eigenvalue weighted by Crippen LogP contribution is 2.34. The predicted molar refractivity (Wildman–Crippen MR) is 88.9 cm³/mol. The zero-order valence-electron chi connectivity index (χ0n) is 13.5. The van der Waals surface area contributed by atoms with E-state index >= 15 is 0 Å². The van der Waals surface area contributed by atoms with Crippen molar-refractivity contribution < 1.29 is 0 Å². The maximum atomic E-state index is 4.79. The van der Waals surface area contributed by atoms with Crippen molar-refractivity contribution in [1.29, 1.82) is 0 Å². The van der Waals surface area contributed by atoms with E-state index in [2.05, 4.69) is 30.1 Å². The molecule has 0 N–H and O–H groups in total. The van der Waals surface area contributed by atoms with E-state index in [1.54, 1.807) is 0 Å². The van der Waals surface area contributed by atoms with Crippen LogP contribution in [0.3, 0.4) is 0 Å². The fourth-order valence-corrected chi connectivity index (χ4v) is 4.39. The maximum absolute atomic E-state index is 4.79. The lowest BCUT2D eigenvalue weighted by atomic mass is 9.80. The van der Waals surface area contributed by atoms with Gasteiger partial charge in [0.05, 0.1) is 16.8 Å². The monoisotopic (exact) mass is 303 g/mol. The minimum Gasteiger partial charge on any atom is -0.237 e. The first-order valence-corrected chi connectivity index (χ1v) is 8.94. The Morgan fingerprint density at radius 2 is 1.86 bits per heavy atom. The molecule has 1 aliphatic rings. The molecule has 1 fully saturated rings. The summed E-state index contributed by atoms with van der Waals surface area (Å²) < 4.78 is 4.64. The van der Waals surface area contributed by atoms with Crippen molar-refractivity contribution in [3.05, 3.63) is 17.2 Å². The third kappa shape index (κ3) is 3.10. The summed E-state index contributed by atoms with van der Waals surface area (Å²) in [6.07, 6.45) is 6.54. The average Bonchev–Trinajstić information content (AvgIpc) is 2.85. The van der Waals surface area contributed by atoms with Crippen LogP contribution in [0.25, 0.3) is 10.2 Å². The van der Waals surface area contributed by atoms with E-state index in [9.17, 15) is 0 Å². The molecule has 0 unspecified atom stereocenters. The first-order chi connectivity index (χ1) is 10.0. The van der Waals surface area contributed by atoms with Crippen LogP contribution in [0.15, 0.2) is 0 Å². The molecule has 2 heterocycles. The molecule has 4 heteroatoms. The number of fused-ring (bicyclic) bond motifs is 1. The Kier molecular flexibility index (Phi) is 4.25. The Labute approximate surface area is 131 Å². The molecule has 2 aromatic heterocycles. The molecule has 0 aromatic carbocycles. The molecule has 21 heavy (non-hydrogen) atoms. The van der Waals surface area contributed by atoms with Crippen LogP contribution in [0, 0.1) is 18.8 Å². The van der Waals surface area contributed by atoms with Gasteiger partial charge in [-0.05, 0) is 55.5 Å². The van der Waals surface area contributed by atoms with Gasteiger partial charge >= 0.3 is 0 Å². The summed E-state index contributed by atoms with van der Waals surface area (Å²) >= 11 is 1.53. The molecule has 114 valence electrons. The van der Waals surface area contributed by atoms with Gasteiger partial charge in [-0.15, -0.1) is 0 Å². The standard InChI is InChI=1S/C17H25N3S/c1-10(2)16-15-14(9-13-7-5-11(3)6-8-13)18-12(4)19-17(15)21-20-16/h10-11,13H,5-9H2,1-4H3/t11-,13-. The third-order valence-electron chi connectivity index (χ3n) is 4.71. The number of aryl methyl sites for hydroxylation is 1. The molecule has 0 spiro atoms. The highest BCUT2D eigenvalue weighted by Gasteiger charge is 2.22. The second kappa shape index (κ2) is 5.99.